The normalized spacial score (nSPS) is 10.6. The molecule has 0 aliphatic heterocycles. The molecular formula is C15H13Cl2N5OS. The van der Waals surface area contributed by atoms with Crippen LogP contribution in [0.15, 0.2) is 36.7 Å². The van der Waals surface area contributed by atoms with Gasteiger partial charge in [-0.25, -0.2) is 9.77 Å². The van der Waals surface area contributed by atoms with E-state index in [1.807, 2.05) is 12.1 Å². The lowest BCUT2D eigenvalue weighted by atomic mass is 10.2. The first-order valence-electron chi connectivity index (χ1n) is 6.93. The van der Waals surface area contributed by atoms with Gasteiger partial charge >= 0.3 is 0 Å². The van der Waals surface area contributed by atoms with E-state index in [4.69, 9.17) is 40.2 Å². The maximum absolute atomic E-state index is 6.16. The fourth-order valence-corrected chi connectivity index (χ4v) is 3.10. The lowest BCUT2D eigenvalue weighted by Crippen LogP contribution is -2.16. The lowest BCUT2D eigenvalue weighted by molar-refractivity contribution is 0.415. The van der Waals surface area contributed by atoms with Gasteiger partial charge in [-0.05, 0) is 42.0 Å². The maximum Gasteiger partial charge on any atom is 0.214 e. The molecule has 0 aliphatic rings. The minimum Gasteiger partial charge on any atom is -0.494 e. The molecule has 0 atom stereocenters. The molecule has 0 bridgehead atoms. The van der Waals surface area contributed by atoms with Crippen LogP contribution in [0.5, 0.6) is 5.75 Å². The van der Waals surface area contributed by atoms with Crippen molar-refractivity contribution < 1.29 is 4.74 Å². The third kappa shape index (κ3) is 3.38. The molecule has 0 saturated heterocycles. The molecule has 0 aliphatic carbocycles. The summed E-state index contributed by atoms with van der Waals surface area (Å²) in [4.78, 5) is 4.00. The Morgan fingerprint density at radius 3 is 2.54 bits per heavy atom. The maximum atomic E-state index is 6.16. The first-order valence-corrected chi connectivity index (χ1v) is 8.10. The Morgan fingerprint density at radius 2 is 1.92 bits per heavy atom. The zero-order valence-corrected chi connectivity index (χ0v) is 14.9. The van der Waals surface area contributed by atoms with E-state index in [0.717, 1.165) is 11.1 Å². The number of nitrogens with one attached hydrogen (secondary N) is 2. The Hall–Kier alpha value is -2.09. The quantitative estimate of drug-likeness (QED) is 0.652. The molecule has 3 aromatic rings. The van der Waals surface area contributed by atoms with Crippen LogP contribution in [-0.4, -0.2) is 27.0 Å². The molecule has 124 valence electrons. The zero-order valence-electron chi connectivity index (χ0n) is 12.6. The summed E-state index contributed by atoms with van der Waals surface area (Å²) >= 11 is 17.6. The summed E-state index contributed by atoms with van der Waals surface area (Å²) in [5.41, 5.74) is 4.98. The standard InChI is InChI=1S/C15H13Cl2N5OS/c1-23-13-11(16)6-9(7-12(13)17)8-19-22-14(20-21-15(22)24)10-2-4-18-5-3-10/h2-7,19H,8H2,1H3,(H,21,24). The number of nitrogens with zero attached hydrogens (tertiary/aromatic N) is 3. The first-order chi connectivity index (χ1) is 11.6. The number of H-pyrrole nitrogens is 1. The highest BCUT2D eigenvalue weighted by atomic mass is 35.5. The number of aromatic amines is 1. The summed E-state index contributed by atoms with van der Waals surface area (Å²) in [5.74, 6) is 1.12. The van der Waals surface area contributed by atoms with Gasteiger partial charge in [0, 0.05) is 18.0 Å². The Bertz CT molecular complexity index is 887. The van der Waals surface area contributed by atoms with Crippen molar-refractivity contribution in [1.82, 2.24) is 19.9 Å². The highest BCUT2D eigenvalue weighted by Gasteiger charge is 2.11. The molecule has 2 N–H and O–H groups in total. The molecule has 2 heterocycles. The van der Waals surface area contributed by atoms with Gasteiger partial charge in [0.1, 0.15) is 0 Å². The van der Waals surface area contributed by atoms with Gasteiger partial charge in [-0.15, -0.1) is 0 Å². The van der Waals surface area contributed by atoms with Crippen LogP contribution in [0.3, 0.4) is 0 Å². The number of methoxy groups -OCH3 is 1. The van der Waals surface area contributed by atoms with Gasteiger partial charge in [0.25, 0.3) is 0 Å². The van der Waals surface area contributed by atoms with Crippen molar-refractivity contribution in [2.75, 3.05) is 12.5 Å². The molecule has 0 radical (unpaired) electrons. The molecule has 1 aromatic carbocycles. The molecule has 3 rings (SSSR count). The third-order valence-electron chi connectivity index (χ3n) is 3.31. The molecule has 0 spiro atoms. The number of aromatic nitrogens is 4. The minimum atomic E-state index is 0.451. The van der Waals surface area contributed by atoms with Crippen LogP contribution < -0.4 is 10.2 Å². The predicted octanol–water partition coefficient (Wildman–Crippen LogP) is 4.06. The molecule has 2 aromatic heterocycles. The van der Waals surface area contributed by atoms with Crippen molar-refractivity contribution >= 4 is 35.4 Å². The van der Waals surface area contributed by atoms with Crippen LogP contribution in [0.4, 0.5) is 0 Å². The van der Waals surface area contributed by atoms with E-state index in [-0.39, 0.29) is 0 Å². The van der Waals surface area contributed by atoms with Gasteiger partial charge in [0.05, 0.1) is 23.7 Å². The number of pyridine rings is 1. The minimum absolute atomic E-state index is 0.451. The number of halogens is 2. The van der Waals surface area contributed by atoms with E-state index in [1.54, 1.807) is 29.2 Å². The van der Waals surface area contributed by atoms with Crippen molar-refractivity contribution in [3.8, 4) is 17.1 Å². The Balaban J connectivity index is 1.86. The van der Waals surface area contributed by atoms with Gasteiger partial charge in [-0.2, -0.15) is 5.10 Å². The second kappa shape index (κ2) is 7.21. The van der Waals surface area contributed by atoms with E-state index in [1.165, 1.54) is 7.11 Å². The van der Waals surface area contributed by atoms with E-state index in [9.17, 15) is 0 Å². The Kier molecular flexibility index (Phi) is 5.03. The van der Waals surface area contributed by atoms with Crippen molar-refractivity contribution in [2.45, 2.75) is 6.54 Å². The molecule has 0 unspecified atom stereocenters. The largest absolute Gasteiger partial charge is 0.494 e. The topological polar surface area (TPSA) is 67.8 Å². The highest BCUT2D eigenvalue weighted by Crippen LogP contribution is 2.33. The summed E-state index contributed by atoms with van der Waals surface area (Å²) in [6, 6.07) is 7.28. The monoisotopic (exact) mass is 381 g/mol. The molecule has 6 nitrogen and oxygen atoms in total. The number of benzene rings is 1. The van der Waals surface area contributed by atoms with Crippen LogP contribution in [-0.2, 0) is 6.54 Å². The summed E-state index contributed by atoms with van der Waals surface area (Å²) in [7, 11) is 1.52. The third-order valence-corrected chi connectivity index (χ3v) is 4.15. The predicted molar refractivity (Wildman–Crippen MR) is 96.7 cm³/mol. The molecule has 0 fully saturated rings. The second-order valence-corrected chi connectivity index (χ2v) is 6.05. The average Bonchev–Trinajstić information content (AvgIpc) is 2.94. The van der Waals surface area contributed by atoms with Crippen molar-refractivity contribution in [3.05, 3.63) is 57.0 Å². The molecule has 9 heteroatoms. The fraction of sp³-hybridized carbons (Fsp3) is 0.133. The van der Waals surface area contributed by atoms with Crippen LogP contribution >= 0.6 is 35.4 Å². The van der Waals surface area contributed by atoms with Crippen LogP contribution in [0, 0.1) is 4.77 Å². The molecule has 24 heavy (non-hydrogen) atoms. The van der Waals surface area contributed by atoms with E-state index >= 15 is 0 Å². The van der Waals surface area contributed by atoms with Crippen molar-refractivity contribution in [2.24, 2.45) is 0 Å². The average molecular weight is 382 g/mol. The Morgan fingerprint density at radius 1 is 1.25 bits per heavy atom. The van der Waals surface area contributed by atoms with Crippen LogP contribution in [0.2, 0.25) is 10.0 Å². The summed E-state index contributed by atoms with van der Waals surface area (Å²) < 4.78 is 7.29. The summed E-state index contributed by atoms with van der Waals surface area (Å²) in [6.45, 7) is 0.454. The van der Waals surface area contributed by atoms with Gasteiger partial charge in [-0.1, -0.05) is 23.2 Å². The SMILES string of the molecule is COc1c(Cl)cc(CNn2c(-c3ccncc3)n[nH]c2=S)cc1Cl. The van der Waals surface area contributed by atoms with Gasteiger partial charge in [0.15, 0.2) is 11.6 Å². The van der Waals surface area contributed by atoms with Gasteiger partial charge in [0.2, 0.25) is 4.77 Å². The first kappa shape index (κ1) is 16.8. The van der Waals surface area contributed by atoms with Gasteiger partial charge in [-0.3, -0.25) is 4.98 Å². The van der Waals surface area contributed by atoms with Crippen LogP contribution in [0.1, 0.15) is 5.56 Å². The number of hydrogen-bond donors (Lipinski definition) is 2. The fourth-order valence-electron chi connectivity index (χ4n) is 2.22. The van der Waals surface area contributed by atoms with E-state index in [2.05, 4.69) is 20.6 Å². The lowest BCUT2D eigenvalue weighted by Gasteiger charge is -2.12. The van der Waals surface area contributed by atoms with E-state index < -0.39 is 0 Å². The summed E-state index contributed by atoms with van der Waals surface area (Å²) in [6.07, 6.45) is 3.39. The van der Waals surface area contributed by atoms with Gasteiger partial charge < -0.3 is 10.2 Å². The highest BCUT2D eigenvalue weighted by molar-refractivity contribution is 7.71. The molecular weight excluding hydrogens is 369 g/mol. The van der Waals surface area contributed by atoms with Crippen molar-refractivity contribution in [1.29, 1.82) is 0 Å². The Labute approximate surface area is 153 Å². The molecule has 0 amide bonds. The zero-order chi connectivity index (χ0) is 17.1. The summed E-state index contributed by atoms with van der Waals surface area (Å²) in [5, 5.41) is 7.92. The van der Waals surface area contributed by atoms with E-state index in [0.29, 0.717) is 32.9 Å². The van der Waals surface area contributed by atoms with Crippen LogP contribution in [0.25, 0.3) is 11.4 Å². The number of ether oxygens (including phenoxy) is 1. The number of rotatable bonds is 5. The molecule has 0 saturated carbocycles. The number of hydrogen-bond acceptors (Lipinski definition) is 5. The second-order valence-electron chi connectivity index (χ2n) is 4.85. The smallest absolute Gasteiger partial charge is 0.214 e. The van der Waals surface area contributed by atoms with Crippen molar-refractivity contribution in [3.63, 3.8) is 0 Å².